The van der Waals surface area contributed by atoms with E-state index in [-0.39, 0.29) is 0 Å². The molecule has 1 unspecified atom stereocenters. The summed E-state index contributed by atoms with van der Waals surface area (Å²) in [6.07, 6.45) is 2.97. The number of hydrogen-bond acceptors (Lipinski definition) is 3. The minimum absolute atomic E-state index is 0.711. The van der Waals surface area contributed by atoms with E-state index in [0.29, 0.717) is 5.92 Å². The van der Waals surface area contributed by atoms with Crippen LogP contribution in [0.2, 0.25) is 0 Å². The molecule has 1 fully saturated rings. The second kappa shape index (κ2) is 3.53. The highest BCUT2D eigenvalue weighted by Gasteiger charge is 2.16. The van der Waals surface area contributed by atoms with Crippen LogP contribution in [0.4, 0.5) is 0 Å². The van der Waals surface area contributed by atoms with Gasteiger partial charge in [-0.05, 0) is 41.4 Å². The monoisotopic (exact) mass is 230 g/mol. The molecule has 1 aromatic heterocycles. The van der Waals surface area contributed by atoms with Gasteiger partial charge in [0.1, 0.15) is 4.60 Å². The molecule has 4 nitrogen and oxygen atoms in total. The summed E-state index contributed by atoms with van der Waals surface area (Å²) in [4.78, 5) is 0. The predicted octanol–water partition coefficient (Wildman–Crippen LogP) is 0.650. The van der Waals surface area contributed by atoms with Crippen molar-refractivity contribution in [3.63, 3.8) is 0 Å². The quantitative estimate of drug-likeness (QED) is 0.812. The molecule has 0 aliphatic carbocycles. The van der Waals surface area contributed by atoms with Gasteiger partial charge in [0.05, 0.1) is 6.20 Å². The maximum absolute atomic E-state index is 3.97. The second-order valence-corrected chi connectivity index (χ2v) is 3.91. The van der Waals surface area contributed by atoms with Gasteiger partial charge in [0, 0.05) is 6.54 Å². The SMILES string of the molecule is Brc1cnnn1CC1CCNC1. The van der Waals surface area contributed by atoms with Gasteiger partial charge < -0.3 is 5.32 Å². The standard InChI is InChI=1S/C7H11BrN4/c8-7-4-10-11-12(7)5-6-1-2-9-3-6/h4,6,9H,1-3,5H2. The van der Waals surface area contributed by atoms with E-state index in [1.54, 1.807) is 6.20 Å². The summed E-state index contributed by atoms with van der Waals surface area (Å²) < 4.78 is 2.87. The van der Waals surface area contributed by atoms with Crippen LogP contribution in [0.3, 0.4) is 0 Å². The van der Waals surface area contributed by atoms with Crippen molar-refractivity contribution in [1.29, 1.82) is 0 Å². The zero-order valence-corrected chi connectivity index (χ0v) is 8.29. The third-order valence-electron chi connectivity index (χ3n) is 2.16. The molecule has 1 atom stereocenters. The summed E-state index contributed by atoms with van der Waals surface area (Å²) in [5, 5.41) is 11.1. The molecule has 0 bridgehead atoms. The van der Waals surface area contributed by atoms with Crippen LogP contribution in [0.5, 0.6) is 0 Å². The fraction of sp³-hybridized carbons (Fsp3) is 0.714. The average Bonchev–Trinajstić information content (AvgIpc) is 2.65. The van der Waals surface area contributed by atoms with E-state index >= 15 is 0 Å². The van der Waals surface area contributed by atoms with Gasteiger partial charge in [-0.2, -0.15) is 0 Å². The van der Waals surface area contributed by atoms with Gasteiger partial charge in [0.15, 0.2) is 0 Å². The number of nitrogens with zero attached hydrogens (tertiary/aromatic N) is 3. The Hall–Kier alpha value is -0.420. The van der Waals surface area contributed by atoms with Crippen LogP contribution in [0, 0.1) is 5.92 Å². The van der Waals surface area contributed by atoms with Gasteiger partial charge in [-0.25, -0.2) is 4.68 Å². The van der Waals surface area contributed by atoms with Gasteiger partial charge >= 0.3 is 0 Å². The molecule has 2 rings (SSSR count). The van der Waals surface area contributed by atoms with Crippen LogP contribution in [-0.4, -0.2) is 28.1 Å². The highest BCUT2D eigenvalue weighted by molar-refractivity contribution is 9.10. The molecule has 2 heterocycles. The minimum atomic E-state index is 0.711. The molecule has 1 aliphatic heterocycles. The third kappa shape index (κ3) is 1.67. The Morgan fingerprint density at radius 3 is 3.25 bits per heavy atom. The third-order valence-corrected chi connectivity index (χ3v) is 2.78. The molecule has 1 aliphatic rings. The number of aromatic nitrogens is 3. The van der Waals surface area contributed by atoms with Gasteiger partial charge in [0.25, 0.3) is 0 Å². The van der Waals surface area contributed by atoms with Crippen molar-refractivity contribution >= 4 is 15.9 Å². The zero-order valence-electron chi connectivity index (χ0n) is 6.70. The van der Waals surface area contributed by atoms with Crippen LogP contribution in [0.25, 0.3) is 0 Å². The van der Waals surface area contributed by atoms with E-state index in [9.17, 15) is 0 Å². The summed E-state index contributed by atoms with van der Waals surface area (Å²) in [6.45, 7) is 3.21. The predicted molar refractivity (Wildman–Crippen MR) is 48.7 cm³/mol. The molecule has 66 valence electrons. The molecule has 1 saturated heterocycles. The molecule has 0 saturated carbocycles. The number of rotatable bonds is 2. The van der Waals surface area contributed by atoms with E-state index in [4.69, 9.17) is 0 Å². The molecule has 5 heteroatoms. The van der Waals surface area contributed by atoms with E-state index < -0.39 is 0 Å². The maximum atomic E-state index is 3.97. The summed E-state index contributed by atoms with van der Waals surface area (Å²) in [7, 11) is 0. The van der Waals surface area contributed by atoms with Gasteiger partial charge in [-0.3, -0.25) is 0 Å². The van der Waals surface area contributed by atoms with Crippen molar-refractivity contribution in [2.24, 2.45) is 5.92 Å². The van der Waals surface area contributed by atoms with Crippen molar-refractivity contribution in [3.8, 4) is 0 Å². The topological polar surface area (TPSA) is 42.7 Å². The molecule has 0 amide bonds. The van der Waals surface area contributed by atoms with Crippen LogP contribution in [0.15, 0.2) is 10.8 Å². The molecule has 0 radical (unpaired) electrons. The summed E-state index contributed by atoms with van der Waals surface area (Å²) in [5.74, 6) is 0.711. The molecule has 0 aromatic carbocycles. The summed E-state index contributed by atoms with van der Waals surface area (Å²) >= 11 is 3.39. The Morgan fingerprint density at radius 1 is 1.75 bits per heavy atom. The largest absolute Gasteiger partial charge is 0.316 e. The molecular weight excluding hydrogens is 220 g/mol. The Balaban J connectivity index is 1.98. The Kier molecular flexibility index (Phi) is 2.41. The molecular formula is C7H11BrN4. The lowest BCUT2D eigenvalue weighted by Gasteiger charge is -2.07. The summed E-state index contributed by atoms with van der Waals surface area (Å²) in [5.41, 5.74) is 0. The maximum Gasteiger partial charge on any atom is 0.124 e. The first-order valence-electron chi connectivity index (χ1n) is 4.11. The number of nitrogens with one attached hydrogen (secondary N) is 1. The summed E-state index contributed by atoms with van der Waals surface area (Å²) in [6, 6.07) is 0. The highest BCUT2D eigenvalue weighted by atomic mass is 79.9. The second-order valence-electron chi connectivity index (χ2n) is 3.10. The first kappa shape index (κ1) is 8.19. The Labute approximate surface area is 79.5 Å². The highest BCUT2D eigenvalue weighted by Crippen LogP contribution is 2.13. The minimum Gasteiger partial charge on any atom is -0.316 e. The Morgan fingerprint density at radius 2 is 2.67 bits per heavy atom. The van der Waals surface area contributed by atoms with Crippen molar-refractivity contribution in [2.45, 2.75) is 13.0 Å². The molecule has 1 aromatic rings. The lowest BCUT2D eigenvalue weighted by molar-refractivity contribution is 0.435. The van der Waals surface area contributed by atoms with Crippen molar-refractivity contribution < 1.29 is 0 Å². The fourth-order valence-electron chi connectivity index (χ4n) is 1.48. The van der Waals surface area contributed by atoms with E-state index in [1.807, 2.05) is 4.68 Å². The van der Waals surface area contributed by atoms with Crippen molar-refractivity contribution in [2.75, 3.05) is 13.1 Å². The average molecular weight is 231 g/mol. The van der Waals surface area contributed by atoms with E-state index in [2.05, 4.69) is 31.6 Å². The Bertz CT molecular complexity index is 254. The fourth-order valence-corrected chi connectivity index (χ4v) is 1.79. The van der Waals surface area contributed by atoms with Crippen LogP contribution < -0.4 is 5.32 Å². The number of hydrogen-bond donors (Lipinski definition) is 1. The lowest BCUT2D eigenvalue weighted by Crippen LogP contribution is -2.15. The van der Waals surface area contributed by atoms with Gasteiger partial charge in [0.2, 0.25) is 0 Å². The van der Waals surface area contributed by atoms with Crippen LogP contribution in [0.1, 0.15) is 6.42 Å². The van der Waals surface area contributed by atoms with E-state index in [0.717, 1.165) is 24.2 Å². The van der Waals surface area contributed by atoms with Crippen molar-refractivity contribution in [3.05, 3.63) is 10.8 Å². The first-order chi connectivity index (χ1) is 5.86. The molecule has 12 heavy (non-hydrogen) atoms. The van der Waals surface area contributed by atoms with Gasteiger partial charge in [-0.1, -0.05) is 5.21 Å². The van der Waals surface area contributed by atoms with Crippen LogP contribution in [-0.2, 0) is 6.54 Å². The zero-order chi connectivity index (χ0) is 8.39. The first-order valence-corrected chi connectivity index (χ1v) is 4.90. The van der Waals surface area contributed by atoms with E-state index in [1.165, 1.54) is 6.42 Å². The molecule has 0 spiro atoms. The molecule has 1 N–H and O–H groups in total. The lowest BCUT2D eigenvalue weighted by atomic mass is 10.1. The van der Waals surface area contributed by atoms with Crippen LogP contribution >= 0.6 is 15.9 Å². The number of halogens is 1. The smallest absolute Gasteiger partial charge is 0.124 e. The van der Waals surface area contributed by atoms with Crippen molar-refractivity contribution in [1.82, 2.24) is 20.3 Å². The van der Waals surface area contributed by atoms with Gasteiger partial charge in [-0.15, -0.1) is 5.10 Å². The normalized spacial score (nSPS) is 23.2.